The van der Waals surface area contributed by atoms with Crippen LogP contribution in [-0.4, -0.2) is 28.4 Å². The van der Waals surface area contributed by atoms with E-state index in [0.717, 1.165) is 13.0 Å². The normalized spacial score (nSPS) is 23.1. The third-order valence-corrected chi connectivity index (χ3v) is 3.15. The van der Waals surface area contributed by atoms with Crippen LogP contribution in [0.25, 0.3) is 0 Å². The molecule has 15 heavy (non-hydrogen) atoms. The summed E-state index contributed by atoms with van der Waals surface area (Å²) in [6, 6.07) is 0.248. The van der Waals surface area contributed by atoms with Crippen LogP contribution in [0.2, 0.25) is 0 Å². The molecule has 0 saturated heterocycles. The molecule has 0 bridgehead atoms. The summed E-state index contributed by atoms with van der Waals surface area (Å²) in [4.78, 5) is 4.36. The summed E-state index contributed by atoms with van der Waals surface area (Å²) in [6.45, 7) is 5.23. The number of unbranched alkanes of at least 4 members (excludes halogenated alkanes) is 1. The van der Waals surface area contributed by atoms with Crippen molar-refractivity contribution in [2.45, 2.75) is 39.2 Å². The van der Waals surface area contributed by atoms with Gasteiger partial charge in [-0.2, -0.15) is 0 Å². The first kappa shape index (κ1) is 12.6. The predicted octanol–water partition coefficient (Wildman–Crippen LogP) is 1.83. The summed E-state index contributed by atoms with van der Waals surface area (Å²) in [6.07, 6.45) is 6.91. The fourth-order valence-corrected chi connectivity index (χ4v) is 2.17. The zero-order valence-corrected chi connectivity index (χ0v) is 10.6. The van der Waals surface area contributed by atoms with Gasteiger partial charge in [-0.1, -0.05) is 13.3 Å². The lowest BCUT2D eigenvalue weighted by Gasteiger charge is -2.19. The fourth-order valence-electron chi connectivity index (χ4n) is 1.53. The molecule has 3 nitrogen and oxygen atoms in total. The molecule has 1 N–H and O–H groups in total. The molecule has 0 amide bonds. The first-order chi connectivity index (χ1) is 7.13. The van der Waals surface area contributed by atoms with Crippen molar-refractivity contribution < 1.29 is 4.55 Å². The number of aliphatic imine (C=N–C) groups is 1. The van der Waals surface area contributed by atoms with E-state index in [1.165, 1.54) is 18.5 Å². The van der Waals surface area contributed by atoms with E-state index in [1.807, 2.05) is 6.08 Å². The van der Waals surface area contributed by atoms with Crippen LogP contribution in [0.3, 0.4) is 0 Å². The van der Waals surface area contributed by atoms with E-state index in [1.54, 1.807) is 6.26 Å². The Morgan fingerprint density at radius 3 is 3.00 bits per heavy atom. The topological polar surface area (TPSA) is 47.4 Å². The number of nitrogens with zero attached hydrogens (tertiary/aromatic N) is 1. The van der Waals surface area contributed by atoms with Gasteiger partial charge in [0.2, 0.25) is 5.04 Å². The van der Waals surface area contributed by atoms with Gasteiger partial charge < -0.3 is 9.87 Å². The number of dihydropyridines is 1. The zero-order chi connectivity index (χ0) is 11.3. The largest absolute Gasteiger partial charge is 0.610 e. The van der Waals surface area contributed by atoms with Crippen LogP contribution < -0.4 is 5.32 Å². The summed E-state index contributed by atoms with van der Waals surface area (Å²) in [7, 11) is 0. The molecule has 1 rings (SSSR count). The lowest BCUT2D eigenvalue weighted by Crippen LogP contribution is -2.25. The summed E-state index contributed by atoms with van der Waals surface area (Å²) in [5, 5.41) is 4.10. The van der Waals surface area contributed by atoms with Crippen LogP contribution >= 0.6 is 0 Å². The van der Waals surface area contributed by atoms with E-state index >= 15 is 0 Å². The SMILES string of the molecule is CCCCNC1=CC([S+](C)[O-])=NC(C)C1. The minimum absolute atomic E-state index is 0.248. The summed E-state index contributed by atoms with van der Waals surface area (Å²) < 4.78 is 11.3. The summed E-state index contributed by atoms with van der Waals surface area (Å²) in [5.41, 5.74) is 1.18. The molecule has 0 radical (unpaired) electrons. The van der Waals surface area contributed by atoms with E-state index < -0.39 is 11.2 Å². The van der Waals surface area contributed by atoms with Crippen molar-refractivity contribution in [3.63, 3.8) is 0 Å². The lowest BCUT2D eigenvalue weighted by atomic mass is 10.1. The molecule has 1 aliphatic heterocycles. The average molecular weight is 228 g/mol. The van der Waals surface area contributed by atoms with Gasteiger partial charge >= 0.3 is 0 Å². The molecule has 1 aliphatic rings. The first-order valence-electron chi connectivity index (χ1n) is 5.49. The quantitative estimate of drug-likeness (QED) is 0.589. The monoisotopic (exact) mass is 228 g/mol. The van der Waals surface area contributed by atoms with Crippen LogP contribution in [0.15, 0.2) is 16.8 Å². The van der Waals surface area contributed by atoms with Gasteiger partial charge in [-0.15, -0.1) is 0 Å². The second-order valence-corrected chi connectivity index (χ2v) is 5.25. The molecule has 4 heteroatoms. The molecule has 0 saturated carbocycles. The highest BCUT2D eigenvalue weighted by molar-refractivity contribution is 8.06. The molecule has 0 aromatic carbocycles. The summed E-state index contributed by atoms with van der Waals surface area (Å²) in [5.74, 6) is 0. The minimum Gasteiger partial charge on any atom is -0.610 e. The first-order valence-corrected chi connectivity index (χ1v) is 7.05. The van der Waals surface area contributed by atoms with Crippen molar-refractivity contribution >= 4 is 16.2 Å². The molecule has 0 fully saturated rings. The van der Waals surface area contributed by atoms with E-state index in [2.05, 4.69) is 24.2 Å². The molecule has 2 unspecified atom stereocenters. The van der Waals surface area contributed by atoms with Crippen molar-refractivity contribution in [1.82, 2.24) is 5.32 Å². The number of hydrogen-bond donors (Lipinski definition) is 1. The third-order valence-electron chi connectivity index (χ3n) is 2.34. The molecule has 1 heterocycles. The second-order valence-electron chi connectivity index (χ2n) is 3.92. The Balaban J connectivity index is 2.53. The van der Waals surface area contributed by atoms with Crippen LogP contribution in [0, 0.1) is 0 Å². The number of nitrogens with one attached hydrogen (secondary N) is 1. The van der Waals surface area contributed by atoms with Gasteiger partial charge in [0.1, 0.15) is 6.26 Å². The van der Waals surface area contributed by atoms with Crippen molar-refractivity contribution in [3.8, 4) is 0 Å². The Kier molecular flexibility index (Phi) is 5.19. The smallest absolute Gasteiger partial charge is 0.241 e. The van der Waals surface area contributed by atoms with Crippen LogP contribution in [0.1, 0.15) is 33.1 Å². The van der Waals surface area contributed by atoms with Gasteiger partial charge in [-0.05, 0) is 13.3 Å². The fraction of sp³-hybridized carbons (Fsp3) is 0.727. The Morgan fingerprint density at radius 2 is 2.40 bits per heavy atom. The highest BCUT2D eigenvalue weighted by Gasteiger charge is 2.18. The zero-order valence-electron chi connectivity index (χ0n) is 9.75. The van der Waals surface area contributed by atoms with Crippen molar-refractivity contribution in [2.75, 3.05) is 12.8 Å². The Morgan fingerprint density at radius 1 is 1.67 bits per heavy atom. The Labute approximate surface area is 95.2 Å². The third kappa shape index (κ3) is 4.26. The number of rotatable bonds is 4. The minimum atomic E-state index is -0.967. The highest BCUT2D eigenvalue weighted by atomic mass is 32.2. The molecular weight excluding hydrogens is 208 g/mol. The van der Waals surface area contributed by atoms with Gasteiger partial charge in [0.15, 0.2) is 0 Å². The molecule has 2 atom stereocenters. The molecule has 86 valence electrons. The predicted molar refractivity (Wildman–Crippen MR) is 66.6 cm³/mol. The maximum atomic E-state index is 11.3. The highest BCUT2D eigenvalue weighted by Crippen LogP contribution is 2.14. The van der Waals surface area contributed by atoms with Crippen LogP contribution in [-0.2, 0) is 11.2 Å². The molecule has 0 aromatic rings. The van der Waals surface area contributed by atoms with E-state index in [0.29, 0.717) is 5.04 Å². The maximum absolute atomic E-state index is 11.3. The van der Waals surface area contributed by atoms with Crippen molar-refractivity contribution in [3.05, 3.63) is 11.8 Å². The molecule has 0 aromatic heterocycles. The van der Waals surface area contributed by atoms with Gasteiger partial charge in [-0.3, -0.25) is 0 Å². The van der Waals surface area contributed by atoms with Crippen molar-refractivity contribution in [2.24, 2.45) is 4.99 Å². The van der Waals surface area contributed by atoms with Crippen molar-refractivity contribution in [1.29, 1.82) is 0 Å². The van der Waals surface area contributed by atoms with Crippen LogP contribution in [0.5, 0.6) is 0 Å². The molecule has 0 aliphatic carbocycles. The molecular formula is C11H20N2OS. The van der Waals surface area contributed by atoms with E-state index in [9.17, 15) is 4.55 Å². The maximum Gasteiger partial charge on any atom is 0.241 e. The average Bonchev–Trinajstić information content (AvgIpc) is 2.17. The van der Waals surface area contributed by atoms with Gasteiger partial charge in [0.25, 0.3) is 0 Å². The Bertz CT molecular complexity index is 261. The standard InChI is InChI=1S/C11H20N2OS/c1-4-5-6-12-10-7-9(2)13-11(8-10)15(3)14/h8-9,12H,4-7H2,1-3H3. The van der Waals surface area contributed by atoms with E-state index in [-0.39, 0.29) is 6.04 Å². The van der Waals surface area contributed by atoms with Gasteiger partial charge in [0, 0.05) is 35.9 Å². The summed E-state index contributed by atoms with van der Waals surface area (Å²) >= 11 is -0.967. The number of hydrogen-bond acceptors (Lipinski definition) is 3. The van der Waals surface area contributed by atoms with Gasteiger partial charge in [-0.25, -0.2) is 4.99 Å². The van der Waals surface area contributed by atoms with Crippen LogP contribution in [0.4, 0.5) is 0 Å². The second kappa shape index (κ2) is 6.18. The molecule has 0 spiro atoms. The Hall–Kier alpha value is -0.480. The lowest BCUT2D eigenvalue weighted by molar-refractivity contribution is 0.608. The van der Waals surface area contributed by atoms with Gasteiger partial charge in [0.05, 0.1) is 6.04 Å². The van der Waals surface area contributed by atoms with E-state index in [4.69, 9.17) is 0 Å².